The van der Waals surface area contributed by atoms with E-state index < -0.39 is 0 Å². The quantitative estimate of drug-likeness (QED) is 0.716. The Morgan fingerprint density at radius 2 is 1.80 bits per heavy atom. The number of benzene rings is 1. The molecule has 0 N–H and O–H groups in total. The predicted octanol–water partition coefficient (Wildman–Crippen LogP) is 3.28. The molecule has 1 heterocycles. The first-order chi connectivity index (χ1) is 7.25. The third-order valence-electron chi connectivity index (χ3n) is 2.85. The molecule has 1 aromatic carbocycles. The Balaban J connectivity index is 2.11. The highest BCUT2D eigenvalue weighted by molar-refractivity contribution is 5.51. The summed E-state index contributed by atoms with van der Waals surface area (Å²) in [6, 6.07) is 6.63. The minimum atomic E-state index is -0.175. The van der Waals surface area contributed by atoms with Gasteiger partial charge in [0.15, 0.2) is 0 Å². The maximum Gasteiger partial charge on any atom is 0.123 e. The van der Waals surface area contributed by atoms with Crippen LogP contribution in [0.4, 0.5) is 4.39 Å². The third-order valence-corrected chi connectivity index (χ3v) is 2.85. The van der Waals surface area contributed by atoms with Crippen LogP contribution < -0.4 is 0 Å². The monoisotopic (exact) mass is 205 g/mol. The van der Waals surface area contributed by atoms with Gasteiger partial charge >= 0.3 is 0 Å². The summed E-state index contributed by atoms with van der Waals surface area (Å²) in [4.78, 5) is 2.38. The average molecular weight is 205 g/mol. The number of nitrogens with zero attached hydrogens (tertiary/aromatic N) is 1. The van der Waals surface area contributed by atoms with Gasteiger partial charge in [0, 0.05) is 18.8 Å². The van der Waals surface area contributed by atoms with E-state index in [1.54, 1.807) is 0 Å². The van der Waals surface area contributed by atoms with Gasteiger partial charge in [-0.25, -0.2) is 4.39 Å². The van der Waals surface area contributed by atoms with Gasteiger partial charge < -0.3 is 4.90 Å². The van der Waals surface area contributed by atoms with Crippen molar-refractivity contribution in [3.8, 4) is 0 Å². The number of hydrogen-bond donors (Lipinski definition) is 0. The van der Waals surface area contributed by atoms with Gasteiger partial charge in [0.25, 0.3) is 0 Å². The van der Waals surface area contributed by atoms with Gasteiger partial charge in [-0.15, -0.1) is 0 Å². The van der Waals surface area contributed by atoms with E-state index in [9.17, 15) is 4.39 Å². The fraction of sp³-hybridized carbons (Fsp3) is 0.385. The van der Waals surface area contributed by atoms with E-state index >= 15 is 0 Å². The molecule has 0 aromatic heterocycles. The lowest BCUT2D eigenvalue weighted by atomic mass is 10.2. The second-order valence-electron chi connectivity index (χ2n) is 4.03. The van der Waals surface area contributed by atoms with Crippen LogP contribution in [-0.2, 0) is 0 Å². The van der Waals surface area contributed by atoms with Crippen LogP contribution in [-0.4, -0.2) is 18.0 Å². The van der Waals surface area contributed by atoms with Gasteiger partial charge in [-0.05, 0) is 43.5 Å². The summed E-state index contributed by atoms with van der Waals surface area (Å²) in [6.07, 6.45) is 4.69. The maximum absolute atomic E-state index is 12.7. The SMILES string of the molecule is CC(=Cc1ccc(F)cc1)N1CCCC1. The van der Waals surface area contributed by atoms with Crippen LogP contribution in [0, 0.1) is 5.82 Å². The van der Waals surface area contributed by atoms with Crippen molar-refractivity contribution in [3.63, 3.8) is 0 Å². The molecule has 0 saturated carbocycles. The molecule has 80 valence electrons. The predicted molar refractivity (Wildman–Crippen MR) is 60.9 cm³/mol. The maximum atomic E-state index is 12.7. The van der Waals surface area contributed by atoms with Crippen LogP contribution in [0.25, 0.3) is 6.08 Å². The largest absolute Gasteiger partial charge is 0.375 e. The smallest absolute Gasteiger partial charge is 0.123 e. The number of halogens is 1. The van der Waals surface area contributed by atoms with Crippen molar-refractivity contribution in [2.45, 2.75) is 19.8 Å². The van der Waals surface area contributed by atoms with E-state index in [4.69, 9.17) is 0 Å². The Kier molecular flexibility index (Phi) is 3.05. The summed E-state index contributed by atoms with van der Waals surface area (Å²) in [5.41, 5.74) is 2.35. The normalized spacial score (nSPS) is 17.2. The zero-order chi connectivity index (χ0) is 10.7. The highest BCUT2D eigenvalue weighted by Gasteiger charge is 2.10. The zero-order valence-electron chi connectivity index (χ0n) is 9.04. The zero-order valence-corrected chi connectivity index (χ0v) is 9.04. The molecular weight excluding hydrogens is 189 g/mol. The van der Waals surface area contributed by atoms with E-state index in [-0.39, 0.29) is 5.82 Å². The Morgan fingerprint density at radius 1 is 1.20 bits per heavy atom. The molecule has 1 aliphatic rings. The third kappa shape index (κ3) is 2.58. The van der Waals surface area contributed by atoms with E-state index in [0.29, 0.717) is 0 Å². The highest BCUT2D eigenvalue weighted by atomic mass is 19.1. The summed E-state index contributed by atoms with van der Waals surface area (Å²) < 4.78 is 12.7. The number of hydrogen-bond acceptors (Lipinski definition) is 1. The lowest BCUT2D eigenvalue weighted by molar-refractivity contribution is 0.431. The molecule has 1 nitrogen and oxygen atoms in total. The standard InChI is InChI=1S/C13H16FN/c1-11(15-8-2-3-9-15)10-12-4-6-13(14)7-5-12/h4-7,10H,2-3,8-9H2,1H3. The van der Waals surface area contributed by atoms with Gasteiger partial charge in [0.05, 0.1) is 0 Å². The molecule has 2 rings (SSSR count). The van der Waals surface area contributed by atoms with E-state index in [2.05, 4.69) is 17.9 Å². The summed E-state index contributed by atoms with van der Waals surface area (Å²) in [6.45, 7) is 4.43. The number of likely N-dealkylation sites (tertiary alicyclic amines) is 1. The lowest BCUT2D eigenvalue weighted by Gasteiger charge is -2.17. The minimum Gasteiger partial charge on any atom is -0.375 e. The summed E-state index contributed by atoms with van der Waals surface area (Å²) >= 11 is 0. The van der Waals surface area contributed by atoms with Crippen molar-refractivity contribution in [1.82, 2.24) is 4.90 Å². The lowest BCUT2D eigenvalue weighted by Crippen LogP contribution is -2.16. The molecule has 1 aliphatic heterocycles. The molecule has 0 unspecified atom stereocenters. The van der Waals surface area contributed by atoms with Gasteiger partial charge in [-0.1, -0.05) is 12.1 Å². The van der Waals surface area contributed by atoms with Crippen LogP contribution in [0.3, 0.4) is 0 Å². The molecule has 0 spiro atoms. The Hall–Kier alpha value is -1.31. The molecule has 15 heavy (non-hydrogen) atoms. The molecule has 1 saturated heterocycles. The topological polar surface area (TPSA) is 3.24 Å². The van der Waals surface area contributed by atoms with Crippen LogP contribution in [0.1, 0.15) is 25.3 Å². The molecule has 0 atom stereocenters. The molecule has 0 radical (unpaired) electrons. The van der Waals surface area contributed by atoms with Crippen molar-refractivity contribution in [3.05, 3.63) is 41.3 Å². The van der Waals surface area contributed by atoms with Crippen LogP contribution in [0.5, 0.6) is 0 Å². The Labute approximate surface area is 90.2 Å². The molecule has 0 bridgehead atoms. The molecule has 1 fully saturated rings. The second-order valence-corrected chi connectivity index (χ2v) is 4.03. The van der Waals surface area contributed by atoms with Gasteiger partial charge in [-0.2, -0.15) is 0 Å². The number of allylic oxidation sites excluding steroid dienone is 1. The first kappa shape index (κ1) is 10.2. The van der Waals surface area contributed by atoms with E-state index in [1.807, 2.05) is 12.1 Å². The Morgan fingerprint density at radius 3 is 2.40 bits per heavy atom. The van der Waals surface area contributed by atoms with Crippen molar-refractivity contribution in [2.75, 3.05) is 13.1 Å². The first-order valence-corrected chi connectivity index (χ1v) is 5.44. The second kappa shape index (κ2) is 4.47. The summed E-state index contributed by atoms with van der Waals surface area (Å²) in [5, 5.41) is 0. The van der Waals surface area contributed by atoms with Gasteiger partial charge in [0.1, 0.15) is 5.82 Å². The van der Waals surface area contributed by atoms with Crippen molar-refractivity contribution < 1.29 is 4.39 Å². The molecule has 0 aliphatic carbocycles. The molecule has 2 heteroatoms. The van der Waals surface area contributed by atoms with Crippen molar-refractivity contribution >= 4 is 6.08 Å². The minimum absolute atomic E-state index is 0.175. The van der Waals surface area contributed by atoms with E-state index in [0.717, 1.165) is 18.7 Å². The fourth-order valence-electron chi connectivity index (χ4n) is 1.96. The van der Waals surface area contributed by atoms with E-state index in [1.165, 1.54) is 30.7 Å². The van der Waals surface area contributed by atoms with Gasteiger partial charge in [0.2, 0.25) is 0 Å². The first-order valence-electron chi connectivity index (χ1n) is 5.44. The Bertz CT molecular complexity index is 347. The highest BCUT2D eigenvalue weighted by Crippen LogP contribution is 2.16. The molecular formula is C13H16FN. The van der Waals surface area contributed by atoms with Crippen molar-refractivity contribution in [2.24, 2.45) is 0 Å². The average Bonchev–Trinajstić information content (AvgIpc) is 2.74. The summed E-state index contributed by atoms with van der Waals surface area (Å²) in [7, 11) is 0. The van der Waals surface area contributed by atoms with Gasteiger partial charge in [-0.3, -0.25) is 0 Å². The summed E-state index contributed by atoms with van der Waals surface area (Å²) in [5.74, 6) is -0.175. The van der Waals surface area contributed by atoms with Crippen LogP contribution in [0.2, 0.25) is 0 Å². The molecule has 0 amide bonds. The number of rotatable bonds is 2. The fourth-order valence-corrected chi connectivity index (χ4v) is 1.96. The molecule has 1 aromatic rings. The van der Waals surface area contributed by atoms with Crippen LogP contribution >= 0.6 is 0 Å². The van der Waals surface area contributed by atoms with Crippen LogP contribution in [0.15, 0.2) is 30.0 Å². The van der Waals surface area contributed by atoms with Crippen molar-refractivity contribution in [1.29, 1.82) is 0 Å².